The van der Waals surface area contributed by atoms with E-state index in [2.05, 4.69) is 30.4 Å². The maximum atomic E-state index is 13.1. The zero-order valence-electron chi connectivity index (χ0n) is 13.9. The highest BCUT2D eigenvalue weighted by molar-refractivity contribution is 5.98. The third-order valence-corrected chi connectivity index (χ3v) is 5.03. The molecule has 1 aliphatic carbocycles. The molecule has 118 valence electrons. The highest BCUT2D eigenvalue weighted by atomic mass is 16.2. The fourth-order valence-corrected chi connectivity index (χ4v) is 3.70. The Morgan fingerprint density at radius 1 is 1.09 bits per heavy atom. The second-order valence-electron chi connectivity index (χ2n) is 6.25. The van der Waals surface area contributed by atoms with E-state index in [0.717, 1.165) is 11.1 Å². The molecule has 0 spiro atoms. The van der Waals surface area contributed by atoms with Crippen LogP contribution in [0.25, 0.3) is 0 Å². The van der Waals surface area contributed by atoms with Gasteiger partial charge in [0.05, 0.1) is 6.04 Å². The summed E-state index contributed by atoms with van der Waals surface area (Å²) in [6.45, 7) is 6.19. The number of carbonyl (C=O) groups excluding carboxylic acids is 1. The Hall–Kier alpha value is -2.35. The number of benzene rings is 2. The third kappa shape index (κ3) is 2.48. The van der Waals surface area contributed by atoms with Gasteiger partial charge in [-0.3, -0.25) is 4.79 Å². The number of hydrogen-bond donors (Lipinski definition) is 1. The Bertz CT molecular complexity index is 720. The van der Waals surface area contributed by atoms with Crippen LogP contribution in [0.4, 0.5) is 0 Å². The lowest BCUT2D eigenvalue weighted by atomic mass is 9.91. The van der Waals surface area contributed by atoms with E-state index < -0.39 is 5.41 Å². The zero-order chi connectivity index (χ0) is 16.4. The lowest BCUT2D eigenvalue weighted by Gasteiger charge is -2.21. The van der Waals surface area contributed by atoms with Gasteiger partial charge in [-0.05, 0) is 30.5 Å². The Kier molecular flexibility index (Phi) is 4.08. The van der Waals surface area contributed by atoms with E-state index in [1.807, 2.05) is 62.4 Å². The van der Waals surface area contributed by atoms with Crippen molar-refractivity contribution in [3.05, 3.63) is 83.4 Å². The predicted octanol–water partition coefficient (Wildman–Crippen LogP) is 4.40. The number of carbonyl (C=O) groups is 1. The summed E-state index contributed by atoms with van der Waals surface area (Å²) in [4.78, 5) is 13.1. The fourth-order valence-electron chi connectivity index (χ4n) is 3.70. The van der Waals surface area contributed by atoms with Crippen molar-refractivity contribution < 1.29 is 4.79 Å². The monoisotopic (exact) mass is 305 g/mol. The van der Waals surface area contributed by atoms with Gasteiger partial charge in [0.2, 0.25) is 5.91 Å². The summed E-state index contributed by atoms with van der Waals surface area (Å²) in [7, 11) is 0. The van der Waals surface area contributed by atoms with E-state index in [0.29, 0.717) is 0 Å². The molecule has 0 aliphatic heterocycles. The lowest BCUT2D eigenvalue weighted by molar-refractivity contribution is -0.124. The van der Waals surface area contributed by atoms with E-state index in [1.54, 1.807) is 0 Å². The molecule has 0 saturated heterocycles. The van der Waals surface area contributed by atoms with Crippen LogP contribution in [-0.2, 0) is 10.2 Å². The summed E-state index contributed by atoms with van der Waals surface area (Å²) >= 11 is 0. The van der Waals surface area contributed by atoms with E-state index in [1.165, 1.54) is 5.57 Å². The fraction of sp³-hybridized carbons (Fsp3) is 0.286. The van der Waals surface area contributed by atoms with E-state index >= 15 is 0 Å². The molecule has 2 aromatic rings. The molecule has 1 amide bonds. The van der Waals surface area contributed by atoms with Crippen LogP contribution in [0.2, 0.25) is 0 Å². The number of nitrogens with one attached hydrogen (secondary N) is 1. The Morgan fingerprint density at radius 2 is 1.65 bits per heavy atom. The van der Waals surface area contributed by atoms with E-state index in [-0.39, 0.29) is 17.9 Å². The standard InChI is InChI=1S/C21H23NO/c1-4-19-15(2)21(19,18-13-9-6-10-14-18)20(23)22-16(3)17-11-7-5-8-12-17/h4-16H,1-3H3,(H,22,23)/b19-4-/t15-,16-,21-/m0/s1. The highest BCUT2D eigenvalue weighted by Gasteiger charge is 2.63. The Balaban J connectivity index is 1.89. The van der Waals surface area contributed by atoms with Crippen LogP contribution in [0.1, 0.15) is 37.9 Å². The van der Waals surface area contributed by atoms with Gasteiger partial charge in [0.15, 0.2) is 0 Å². The molecule has 3 rings (SSSR count). The molecule has 1 aliphatic rings. The Morgan fingerprint density at radius 3 is 2.17 bits per heavy atom. The van der Waals surface area contributed by atoms with Gasteiger partial charge in [-0.1, -0.05) is 73.7 Å². The first kappa shape index (κ1) is 15.5. The normalized spacial score (nSPS) is 25.9. The summed E-state index contributed by atoms with van der Waals surface area (Å²) in [5, 5.41) is 3.21. The second-order valence-corrected chi connectivity index (χ2v) is 6.25. The van der Waals surface area contributed by atoms with Crippen LogP contribution in [0.3, 0.4) is 0 Å². The molecule has 0 unspecified atom stereocenters. The van der Waals surface area contributed by atoms with Crippen molar-refractivity contribution in [2.75, 3.05) is 0 Å². The minimum absolute atomic E-state index is 0.00445. The van der Waals surface area contributed by atoms with Crippen LogP contribution in [-0.4, -0.2) is 5.91 Å². The van der Waals surface area contributed by atoms with Gasteiger partial charge in [-0.15, -0.1) is 0 Å². The van der Waals surface area contributed by atoms with Gasteiger partial charge in [0, 0.05) is 5.92 Å². The van der Waals surface area contributed by atoms with Crippen molar-refractivity contribution in [2.24, 2.45) is 5.92 Å². The van der Waals surface area contributed by atoms with Crippen LogP contribution in [0, 0.1) is 5.92 Å². The molecule has 2 heteroatoms. The summed E-state index contributed by atoms with van der Waals surface area (Å²) < 4.78 is 0. The number of allylic oxidation sites excluding steroid dienone is 1. The molecule has 0 heterocycles. The van der Waals surface area contributed by atoms with E-state index in [4.69, 9.17) is 0 Å². The highest BCUT2D eigenvalue weighted by Crippen LogP contribution is 2.59. The van der Waals surface area contributed by atoms with Crippen molar-refractivity contribution >= 4 is 5.91 Å². The molecule has 2 aromatic carbocycles. The SMILES string of the molecule is C/C=C1/[C@H](C)[C@]1(C(=O)N[C@@H](C)c1ccccc1)c1ccccc1. The quantitative estimate of drug-likeness (QED) is 0.834. The summed E-state index contributed by atoms with van der Waals surface area (Å²) in [5.74, 6) is 0.346. The molecule has 0 bridgehead atoms. The summed E-state index contributed by atoms with van der Waals surface area (Å²) in [6, 6.07) is 20.2. The van der Waals surface area contributed by atoms with Crippen molar-refractivity contribution in [3.8, 4) is 0 Å². The minimum atomic E-state index is -0.501. The molecule has 23 heavy (non-hydrogen) atoms. The van der Waals surface area contributed by atoms with Crippen LogP contribution < -0.4 is 5.32 Å². The smallest absolute Gasteiger partial charge is 0.235 e. The molecule has 0 aromatic heterocycles. The van der Waals surface area contributed by atoms with Crippen LogP contribution in [0.5, 0.6) is 0 Å². The van der Waals surface area contributed by atoms with Gasteiger partial charge < -0.3 is 5.32 Å². The van der Waals surface area contributed by atoms with Gasteiger partial charge in [0.25, 0.3) is 0 Å². The van der Waals surface area contributed by atoms with Gasteiger partial charge in [-0.2, -0.15) is 0 Å². The minimum Gasteiger partial charge on any atom is -0.349 e. The first-order chi connectivity index (χ1) is 11.1. The number of rotatable bonds is 4. The molecule has 3 atom stereocenters. The largest absolute Gasteiger partial charge is 0.349 e. The molecule has 1 fully saturated rings. The molecular formula is C21H23NO. The summed E-state index contributed by atoms with van der Waals surface area (Å²) in [6.07, 6.45) is 2.09. The van der Waals surface area contributed by atoms with Crippen LogP contribution in [0.15, 0.2) is 72.3 Å². The van der Waals surface area contributed by atoms with Crippen molar-refractivity contribution in [1.82, 2.24) is 5.32 Å². The molecule has 1 N–H and O–H groups in total. The first-order valence-corrected chi connectivity index (χ1v) is 8.20. The van der Waals surface area contributed by atoms with Crippen LogP contribution >= 0.6 is 0 Å². The molecule has 1 saturated carbocycles. The molecule has 0 radical (unpaired) electrons. The van der Waals surface area contributed by atoms with Crippen molar-refractivity contribution in [3.63, 3.8) is 0 Å². The van der Waals surface area contributed by atoms with Crippen molar-refractivity contribution in [1.29, 1.82) is 0 Å². The summed E-state index contributed by atoms with van der Waals surface area (Å²) in [5.41, 5.74) is 2.91. The maximum Gasteiger partial charge on any atom is 0.235 e. The first-order valence-electron chi connectivity index (χ1n) is 8.20. The van der Waals surface area contributed by atoms with E-state index in [9.17, 15) is 4.79 Å². The van der Waals surface area contributed by atoms with Gasteiger partial charge in [0.1, 0.15) is 5.41 Å². The predicted molar refractivity (Wildman–Crippen MR) is 94.0 cm³/mol. The maximum absolute atomic E-state index is 13.1. The van der Waals surface area contributed by atoms with Gasteiger partial charge >= 0.3 is 0 Å². The third-order valence-electron chi connectivity index (χ3n) is 5.03. The van der Waals surface area contributed by atoms with Gasteiger partial charge in [-0.25, -0.2) is 0 Å². The molecule has 2 nitrogen and oxygen atoms in total. The second kappa shape index (κ2) is 6.04. The average molecular weight is 305 g/mol. The molecular weight excluding hydrogens is 282 g/mol. The van der Waals surface area contributed by atoms with Crippen molar-refractivity contribution in [2.45, 2.75) is 32.2 Å². The Labute approximate surface area is 138 Å². The topological polar surface area (TPSA) is 29.1 Å². The number of amides is 1. The number of hydrogen-bond acceptors (Lipinski definition) is 1. The lowest BCUT2D eigenvalue weighted by Crippen LogP contribution is -2.37. The zero-order valence-corrected chi connectivity index (χ0v) is 13.9. The average Bonchev–Trinajstić information content (AvgIpc) is 3.21.